The topological polar surface area (TPSA) is 56.5 Å². The number of ether oxygens (including phenoxy) is 1. The van der Waals surface area contributed by atoms with Crippen molar-refractivity contribution in [3.05, 3.63) is 52.4 Å². The fourth-order valence-corrected chi connectivity index (χ4v) is 2.44. The zero-order valence-corrected chi connectivity index (χ0v) is 13.3. The van der Waals surface area contributed by atoms with Gasteiger partial charge in [0, 0.05) is 17.9 Å². The average molecular weight is 321 g/mol. The molecule has 1 heterocycles. The lowest BCUT2D eigenvalue weighted by Crippen LogP contribution is -2.10. The first-order valence-electron chi connectivity index (χ1n) is 7.02. The van der Waals surface area contributed by atoms with Crippen LogP contribution < -0.4 is 10.4 Å². The van der Waals surface area contributed by atoms with Gasteiger partial charge < -0.3 is 9.15 Å². The molecule has 0 bridgehead atoms. The molecule has 0 radical (unpaired) electrons. The molecule has 1 aromatic heterocycles. The Morgan fingerprint density at radius 3 is 2.86 bits per heavy atom. The minimum absolute atomic E-state index is 0.291. The van der Waals surface area contributed by atoms with Gasteiger partial charge in [0.2, 0.25) is 0 Å². The second-order valence-corrected chi connectivity index (χ2v) is 5.43. The molecule has 0 N–H and O–H groups in total. The SMILES string of the molecule is C=CC(Cl)c1c(OC(=O)CCC)ccc2c(C)cc(=O)oc12. The van der Waals surface area contributed by atoms with Crippen molar-refractivity contribution in [2.24, 2.45) is 0 Å². The van der Waals surface area contributed by atoms with Crippen LogP contribution in [-0.4, -0.2) is 5.97 Å². The molecule has 2 rings (SSSR count). The fraction of sp³-hybridized carbons (Fsp3) is 0.294. The third-order valence-corrected chi connectivity index (χ3v) is 3.67. The molecule has 0 saturated heterocycles. The Morgan fingerprint density at radius 1 is 1.50 bits per heavy atom. The second kappa shape index (κ2) is 6.79. The van der Waals surface area contributed by atoms with E-state index in [1.807, 2.05) is 13.8 Å². The van der Waals surface area contributed by atoms with E-state index in [9.17, 15) is 9.59 Å². The molecule has 4 nitrogen and oxygen atoms in total. The number of rotatable bonds is 5. The van der Waals surface area contributed by atoms with E-state index >= 15 is 0 Å². The molecule has 0 aliphatic carbocycles. The maximum atomic E-state index is 11.8. The molecule has 0 aliphatic rings. The number of alkyl halides is 1. The van der Waals surface area contributed by atoms with Crippen LogP contribution in [-0.2, 0) is 4.79 Å². The Hall–Kier alpha value is -2.07. The summed E-state index contributed by atoms with van der Waals surface area (Å²) in [4.78, 5) is 23.4. The maximum Gasteiger partial charge on any atom is 0.336 e. The second-order valence-electron chi connectivity index (χ2n) is 4.96. The number of esters is 1. The van der Waals surface area contributed by atoms with Gasteiger partial charge in [0.1, 0.15) is 11.3 Å². The number of halogens is 1. The van der Waals surface area contributed by atoms with E-state index in [1.54, 1.807) is 12.1 Å². The van der Waals surface area contributed by atoms with Crippen LogP contribution >= 0.6 is 11.6 Å². The molecule has 0 amide bonds. The summed E-state index contributed by atoms with van der Waals surface area (Å²) in [6, 6.07) is 4.82. The van der Waals surface area contributed by atoms with Crippen molar-refractivity contribution in [3.8, 4) is 5.75 Å². The van der Waals surface area contributed by atoms with Gasteiger partial charge >= 0.3 is 11.6 Å². The van der Waals surface area contributed by atoms with Crippen LogP contribution in [0.3, 0.4) is 0 Å². The van der Waals surface area contributed by atoms with E-state index < -0.39 is 11.0 Å². The van der Waals surface area contributed by atoms with E-state index in [2.05, 4.69) is 6.58 Å². The Balaban J connectivity index is 2.69. The summed E-state index contributed by atoms with van der Waals surface area (Å²) in [5.41, 5.74) is 1.06. The van der Waals surface area contributed by atoms with E-state index in [0.717, 1.165) is 10.9 Å². The summed E-state index contributed by atoms with van der Waals surface area (Å²) in [7, 11) is 0. The van der Waals surface area contributed by atoms with Crippen LogP contribution in [0.15, 0.2) is 40.1 Å². The summed E-state index contributed by atoms with van der Waals surface area (Å²) in [5.74, 6) is -0.0642. The molecule has 0 saturated carbocycles. The third kappa shape index (κ3) is 3.22. The first-order chi connectivity index (χ1) is 10.5. The molecule has 22 heavy (non-hydrogen) atoms. The van der Waals surface area contributed by atoms with Crippen molar-refractivity contribution in [1.82, 2.24) is 0 Å². The van der Waals surface area contributed by atoms with Gasteiger partial charge in [0.25, 0.3) is 0 Å². The number of allylic oxidation sites excluding steroid dienone is 1. The Morgan fingerprint density at radius 2 is 2.23 bits per heavy atom. The van der Waals surface area contributed by atoms with Crippen molar-refractivity contribution in [2.45, 2.75) is 32.1 Å². The minimum atomic E-state index is -0.641. The van der Waals surface area contributed by atoms with Crippen LogP contribution in [0.1, 0.15) is 36.3 Å². The Kier molecular flexibility index (Phi) is 5.03. The molecular weight excluding hydrogens is 304 g/mol. The molecule has 0 fully saturated rings. The van der Waals surface area contributed by atoms with Crippen molar-refractivity contribution >= 4 is 28.5 Å². The van der Waals surface area contributed by atoms with Gasteiger partial charge in [-0.1, -0.05) is 13.0 Å². The number of benzene rings is 1. The number of hydrogen-bond acceptors (Lipinski definition) is 4. The van der Waals surface area contributed by atoms with Gasteiger partial charge in [-0.25, -0.2) is 4.79 Å². The lowest BCUT2D eigenvalue weighted by Gasteiger charge is -2.14. The highest BCUT2D eigenvalue weighted by Crippen LogP contribution is 2.37. The smallest absolute Gasteiger partial charge is 0.336 e. The van der Waals surface area contributed by atoms with Crippen molar-refractivity contribution in [3.63, 3.8) is 0 Å². The third-order valence-electron chi connectivity index (χ3n) is 3.28. The fourth-order valence-electron chi connectivity index (χ4n) is 2.23. The van der Waals surface area contributed by atoms with Gasteiger partial charge in [-0.3, -0.25) is 4.79 Å². The summed E-state index contributed by atoms with van der Waals surface area (Å²) >= 11 is 6.27. The Labute approximate surface area is 133 Å². The van der Waals surface area contributed by atoms with Crippen molar-refractivity contribution < 1.29 is 13.9 Å². The predicted molar refractivity (Wildman–Crippen MR) is 86.6 cm³/mol. The van der Waals surface area contributed by atoms with Gasteiger partial charge in [-0.2, -0.15) is 0 Å². The highest BCUT2D eigenvalue weighted by molar-refractivity contribution is 6.23. The van der Waals surface area contributed by atoms with Gasteiger partial charge in [-0.05, 0) is 31.0 Å². The van der Waals surface area contributed by atoms with Crippen LogP contribution in [0, 0.1) is 6.92 Å². The first-order valence-corrected chi connectivity index (χ1v) is 7.46. The predicted octanol–water partition coefficient (Wildman–Crippen LogP) is 4.27. The average Bonchev–Trinajstić information content (AvgIpc) is 2.46. The normalized spacial score (nSPS) is 12.1. The van der Waals surface area contributed by atoms with E-state index in [1.165, 1.54) is 12.1 Å². The van der Waals surface area contributed by atoms with E-state index in [0.29, 0.717) is 29.7 Å². The molecule has 5 heteroatoms. The summed E-state index contributed by atoms with van der Waals surface area (Å²) in [5, 5.41) is 0.107. The molecular formula is C17H17ClO4. The van der Waals surface area contributed by atoms with Crippen LogP contribution in [0.5, 0.6) is 5.75 Å². The molecule has 0 spiro atoms. The zero-order chi connectivity index (χ0) is 16.3. The van der Waals surface area contributed by atoms with Crippen molar-refractivity contribution in [2.75, 3.05) is 0 Å². The largest absolute Gasteiger partial charge is 0.426 e. The quantitative estimate of drug-likeness (QED) is 0.271. The number of aryl methyl sites for hydroxylation is 1. The highest BCUT2D eigenvalue weighted by atomic mass is 35.5. The van der Waals surface area contributed by atoms with E-state index in [4.69, 9.17) is 20.8 Å². The Bertz CT molecular complexity index is 776. The highest BCUT2D eigenvalue weighted by Gasteiger charge is 2.20. The molecule has 1 atom stereocenters. The summed E-state index contributed by atoms with van der Waals surface area (Å²) in [6.07, 6.45) is 2.48. The van der Waals surface area contributed by atoms with Crippen LogP contribution in [0.25, 0.3) is 11.0 Å². The number of carbonyl (C=O) groups excluding carboxylic acids is 1. The van der Waals surface area contributed by atoms with Gasteiger partial charge in [0.15, 0.2) is 0 Å². The summed E-state index contributed by atoms with van der Waals surface area (Å²) < 4.78 is 10.7. The molecule has 2 aromatic rings. The molecule has 0 aliphatic heterocycles. The van der Waals surface area contributed by atoms with Crippen LogP contribution in [0.2, 0.25) is 0 Å². The standard InChI is InChI=1S/C17H17ClO4/c1-4-6-14(19)21-13-8-7-11-10(3)9-15(20)22-17(11)16(13)12(18)5-2/h5,7-9,12H,2,4,6H2,1,3H3. The van der Waals surface area contributed by atoms with Gasteiger partial charge in [-0.15, -0.1) is 18.2 Å². The van der Waals surface area contributed by atoms with Crippen molar-refractivity contribution in [1.29, 1.82) is 0 Å². The molecule has 1 aromatic carbocycles. The van der Waals surface area contributed by atoms with Crippen LogP contribution in [0.4, 0.5) is 0 Å². The summed E-state index contributed by atoms with van der Waals surface area (Å²) in [6.45, 7) is 7.35. The number of fused-ring (bicyclic) bond motifs is 1. The lowest BCUT2D eigenvalue weighted by molar-refractivity contribution is -0.134. The van der Waals surface area contributed by atoms with E-state index in [-0.39, 0.29) is 5.97 Å². The molecule has 116 valence electrons. The minimum Gasteiger partial charge on any atom is -0.426 e. The molecule has 1 unspecified atom stereocenters. The monoisotopic (exact) mass is 320 g/mol. The zero-order valence-electron chi connectivity index (χ0n) is 12.5. The number of carbonyl (C=O) groups is 1. The first kappa shape index (κ1) is 16.3. The maximum absolute atomic E-state index is 11.8. The number of hydrogen-bond donors (Lipinski definition) is 0. The lowest BCUT2D eigenvalue weighted by atomic mass is 10.0. The van der Waals surface area contributed by atoms with Gasteiger partial charge in [0.05, 0.1) is 10.9 Å².